The van der Waals surface area contributed by atoms with Gasteiger partial charge in [0.15, 0.2) is 6.29 Å². The fraction of sp³-hybridized carbons (Fsp3) is 0.536. The van der Waals surface area contributed by atoms with Crippen molar-refractivity contribution < 1.29 is 9.53 Å². The van der Waals surface area contributed by atoms with E-state index in [-0.39, 0.29) is 30.2 Å². The lowest BCUT2D eigenvalue weighted by atomic mass is 10.1. The molecular formula is C28H37N5O3S. The van der Waals surface area contributed by atoms with Crippen LogP contribution in [0, 0.1) is 5.92 Å². The van der Waals surface area contributed by atoms with E-state index in [1.54, 1.807) is 6.21 Å². The number of nitrogens with zero attached hydrogens (tertiary/aromatic N) is 3. The molecule has 8 nitrogen and oxygen atoms in total. The first kappa shape index (κ1) is 25.9. The third-order valence-corrected chi connectivity index (χ3v) is 8.22. The fourth-order valence-electron chi connectivity index (χ4n) is 5.24. The van der Waals surface area contributed by atoms with Gasteiger partial charge in [0.2, 0.25) is 11.3 Å². The van der Waals surface area contributed by atoms with Crippen molar-refractivity contribution in [2.24, 2.45) is 10.9 Å². The molecule has 2 aliphatic heterocycles. The minimum absolute atomic E-state index is 0.0810. The molecule has 1 fully saturated rings. The first-order chi connectivity index (χ1) is 18.0. The Hall–Kier alpha value is -2.75. The first-order valence-electron chi connectivity index (χ1n) is 13.5. The summed E-state index contributed by atoms with van der Waals surface area (Å²) in [6.45, 7) is 9.23. The quantitative estimate of drug-likeness (QED) is 0.377. The van der Waals surface area contributed by atoms with Crippen LogP contribution in [0.1, 0.15) is 64.9 Å². The normalized spacial score (nSPS) is 19.2. The van der Waals surface area contributed by atoms with E-state index in [9.17, 15) is 9.59 Å². The van der Waals surface area contributed by atoms with Gasteiger partial charge in [0.25, 0.3) is 0 Å². The molecule has 0 aliphatic carbocycles. The summed E-state index contributed by atoms with van der Waals surface area (Å²) in [5.41, 5.74) is 1.58. The van der Waals surface area contributed by atoms with Gasteiger partial charge in [-0.2, -0.15) is 0 Å². The zero-order valence-electron chi connectivity index (χ0n) is 22.0. The van der Waals surface area contributed by atoms with E-state index in [4.69, 9.17) is 9.73 Å². The number of anilines is 2. The molecule has 0 saturated carbocycles. The van der Waals surface area contributed by atoms with Crippen molar-refractivity contribution in [1.82, 2.24) is 9.30 Å². The van der Waals surface area contributed by atoms with Crippen LogP contribution < -0.4 is 16.1 Å². The predicted octanol–water partition coefficient (Wildman–Crippen LogP) is 5.30. The van der Waals surface area contributed by atoms with E-state index in [0.717, 1.165) is 59.6 Å². The predicted molar refractivity (Wildman–Crippen MR) is 152 cm³/mol. The largest absolute Gasteiger partial charge is 0.378 e. The highest BCUT2D eigenvalue weighted by Crippen LogP contribution is 2.35. The topological polar surface area (TPSA) is 87.4 Å². The number of hydrogen-bond donors (Lipinski definition) is 2. The Bertz CT molecular complexity index is 1360. The van der Waals surface area contributed by atoms with Crippen LogP contribution in [0.15, 0.2) is 34.1 Å². The molecule has 1 aromatic carbocycles. The van der Waals surface area contributed by atoms with E-state index in [0.29, 0.717) is 23.8 Å². The first-order valence-corrected chi connectivity index (χ1v) is 14.3. The highest BCUT2D eigenvalue weighted by Gasteiger charge is 2.28. The number of rotatable bonds is 10. The second-order valence-corrected chi connectivity index (χ2v) is 11.5. The molecule has 2 aliphatic rings. The fourth-order valence-corrected chi connectivity index (χ4v) is 6.39. The van der Waals surface area contributed by atoms with Crippen LogP contribution in [0.4, 0.5) is 11.5 Å². The molecule has 3 aromatic rings. The van der Waals surface area contributed by atoms with E-state index < -0.39 is 0 Å². The number of para-hydroxylation sites is 1. The monoisotopic (exact) mass is 523 g/mol. The number of nitrogens with one attached hydrogen (secondary N) is 2. The number of amides is 1. The van der Waals surface area contributed by atoms with Gasteiger partial charge in [0, 0.05) is 25.9 Å². The second-order valence-electron chi connectivity index (χ2n) is 10.4. The molecule has 2 unspecified atom stereocenters. The molecule has 198 valence electrons. The van der Waals surface area contributed by atoms with Crippen LogP contribution >= 0.6 is 11.3 Å². The Morgan fingerprint density at radius 1 is 1.32 bits per heavy atom. The Kier molecular flexibility index (Phi) is 7.92. The Balaban J connectivity index is 1.53. The molecule has 2 aromatic heterocycles. The summed E-state index contributed by atoms with van der Waals surface area (Å²) < 4.78 is 8.76. The smallest absolute Gasteiger partial charge is 0.227 e. The molecule has 0 bridgehead atoms. The SMILES string of the molecule is CCCN(CCCC(C)C)C1N=Cc2c(n3c(sc4ccccc43)c(NC(=O)CC3CCCO3)c2=O)N1. The van der Waals surface area contributed by atoms with Gasteiger partial charge in [-0.15, -0.1) is 11.3 Å². The van der Waals surface area contributed by atoms with Gasteiger partial charge in [0.1, 0.15) is 16.3 Å². The van der Waals surface area contributed by atoms with Crippen molar-refractivity contribution in [3.63, 3.8) is 0 Å². The summed E-state index contributed by atoms with van der Waals surface area (Å²) >= 11 is 1.52. The van der Waals surface area contributed by atoms with Crippen molar-refractivity contribution >= 4 is 50.0 Å². The van der Waals surface area contributed by atoms with Crippen LogP contribution in [0.3, 0.4) is 0 Å². The molecule has 37 heavy (non-hydrogen) atoms. The lowest BCUT2D eigenvalue weighted by Crippen LogP contribution is -2.43. The number of thiazole rings is 1. The average molecular weight is 524 g/mol. The standard InChI is InChI=1S/C28H37N5O3S/c1-4-13-32(14-7-9-18(2)3)28-29-17-20-25(35)24(30-23(34)16-19-10-8-15-36-19)27-33(26(20)31-28)21-11-5-6-12-22(21)37-27/h5-6,11-12,17-19,28,31H,4,7-10,13-16H2,1-3H3,(H,30,34). The van der Waals surface area contributed by atoms with E-state index in [1.165, 1.54) is 17.8 Å². The van der Waals surface area contributed by atoms with Gasteiger partial charge in [-0.1, -0.05) is 32.9 Å². The highest BCUT2D eigenvalue weighted by molar-refractivity contribution is 7.24. The zero-order valence-corrected chi connectivity index (χ0v) is 22.8. The van der Waals surface area contributed by atoms with Gasteiger partial charge in [-0.3, -0.25) is 23.9 Å². The number of carbonyl (C=O) groups excluding carboxylic acids is 1. The number of ether oxygens (including phenoxy) is 1. The Morgan fingerprint density at radius 2 is 2.16 bits per heavy atom. The van der Waals surface area contributed by atoms with Crippen LogP contribution in [-0.2, 0) is 9.53 Å². The van der Waals surface area contributed by atoms with Crippen LogP contribution in [0.5, 0.6) is 0 Å². The van der Waals surface area contributed by atoms with Gasteiger partial charge in [0.05, 0.1) is 28.3 Å². The Labute approximate surface area is 221 Å². The van der Waals surface area contributed by atoms with Gasteiger partial charge >= 0.3 is 0 Å². The van der Waals surface area contributed by atoms with E-state index in [2.05, 4.69) is 46.8 Å². The maximum atomic E-state index is 13.7. The molecule has 1 amide bonds. The summed E-state index contributed by atoms with van der Waals surface area (Å²) in [5.74, 6) is 1.21. The van der Waals surface area contributed by atoms with Crippen LogP contribution in [0.2, 0.25) is 0 Å². The molecule has 9 heteroatoms. The summed E-state index contributed by atoms with van der Waals surface area (Å²) in [4.78, 5) is 34.5. The number of carbonyl (C=O) groups is 1. The third kappa shape index (κ3) is 5.44. The number of aromatic nitrogens is 1. The summed E-state index contributed by atoms with van der Waals surface area (Å²) in [7, 11) is 0. The van der Waals surface area contributed by atoms with Crippen molar-refractivity contribution in [1.29, 1.82) is 0 Å². The maximum absolute atomic E-state index is 13.7. The number of hydrogen-bond acceptors (Lipinski definition) is 7. The molecule has 2 N–H and O–H groups in total. The van der Waals surface area contributed by atoms with Crippen molar-refractivity contribution in [2.75, 3.05) is 30.3 Å². The summed E-state index contributed by atoms with van der Waals surface area (Å²) in [5, 5.41) is 6.53. The van der Waals surface area contributed by atoms with Gasteiger partial charge < -0.3 is 15.4 Å². The molecule has 0 radical (unpaired) electrons. The molecule has 5 rings (SSSR count). The maximum Gasteiger partial charge on any atom is 0.227 e. The average Bonchev–Trinajstić information content (AvgIpc) is 3.53. The minimum atomic E-state index is -0.242. The molecule has 1 saturated heterocycles. The highest BCUT2D eigenvalue weighted by atomic mass is 32.1. The molecule has 0 spiro atoms. The van der Waals surface area contributed by atoms with E-state index >= 15 is 0 Å². The Morgan fingerprint density at radius 3 is 2.92 bits per heavy atom. The van der Waals surface area contributed by atoms with Crippen LogP contribution in [0.25, 0.3) is 15.0 Å². The van der Waals surface area contributed by atoms with Gasteiger partial charge in [-0.05, 0) is 50.2 Å². The van der Waals surface area contributed by atoms with Gasteiger partial charge in [-0.25, -0.2) is 0 Å². The third-order valence-electron chi connectivity index (χ3n) is 7.08. The molecule has 2 atom stereocenters. The van der Waals surface area contributed by atoms with Crippen LogP contribution in [-0.4, -0.2) is 53.5 Å². The lowest BCUT2D eigenvalue weighted by Gasteiger charge is -2.33. The number of aliphatic imine (C=N–C) groups is 1. The second kappa shape index (κ2) is 11.3. The van der Waals surface area contributed by atoms with Crippen molar-refractivity contribution in [3.8, 4) is 0 Å². The lowest BCUT2D eigenvalue weighted by molar-refractivity contribution is -0.118. The number of fused-ring (bicyclic) bond motifs is 5. The summed E-state index contributed by atoms with van der Waals surface area (Å²) in [6, 6.07) is 8.09. The number of pyridine rings is 1. The van der Waals surface area contributed by atoms with Crippen molar-refractivity contribution in [3.05, 3.63) is 40.1 Å². The minimum Gasteiger partial charge on any atom is -0.378 e. The van der Waals surface area contributed by atoms with E-state index in [1.807, 2.05) is 18.2 Å². The molecule has 4 heterocycles. The number of benzene rings is 1. The summed E-state index contributed by atoms with van der Waals surface area (Å²) in [6.07, 6.45) is 6.76. The van der Waals surface area contributed by atoms with Crippen molar-refractivity contribution in [2.45, 2.75) is 71.7 Å². The molecular weight excluding hydrogens is 486 g/mol. The zero-order chi connectivity index (χ0) is 25.9.